The number of rotatable bonds is 5. The molecule has 0 saturated carbocycles. The average molecular weight is 399 g/mol. The lowest BCUT2D eigenvalue weighted by Crippen LogP contribution is -2.59. The van der Waals surface area contributed by atoms with Gasteiger partial charge in [-0.15, -0.1) is 0 Å². The van der Waals surface area contributed by atoms with E-state index in [1.807, 2.05) is 0 Å². The first-order chi connectivity index (χ1) is 11.9. The van der Waals surface area contributed by atoms with Crippen LogP contribution in [0.25, 0.3) is 0 Å². The minimum atomic E-state index is -5.80. The van der Waals surface area contributed by atoms with Crippen molar-refractivity contribution in [1.29, 1.82) is 0 Å². The summed E-state index contributed by atoms with van der Waals surface area (Å²) < 4.78 is 117. The number of hydrogen-bond donors (Lipinski definition) is 0. The van der Waals surface area contributed by atoms with Gasteiger partial charge in [0.25, 0.3) is 12.1 Å². The topological polar surface area (TPSA) is 21.7 Å². The Morgan fingerprint density at radius 1 is 0.885 bits per heavy atom. The van der Waals surface area contributed by atoms with Crippen LogP contribution in [0, 0.1) is 0 Å². The summed E-state index contributed by atoms with van der Waals surface area (Å²) in [6.07, 6.45) is -16.0. The van der Waals surface area contributed by atoms with E-state index in [4.69, 9.17) is 4.74 Å². The van der Waals surface area contributed by atoms with Crippen molar-refractivity contribution >= 4 is 0 Å². The number of morpholine rings is 1. The van der Waals surface area contributed by atoms with Crippen LogP contribution in [-0.4, -0.2) is 73.6 Å². The molecule has 2 rings (SSSR count). The highest BCUT2D eigenvalue weighted by molar-refractivity contribution is 4.97. The molecule has 154 valence electrons. The van der Waals surface area contributed by atoms with E-state index >= 15 is 0 Å². The molecular formula is C15H21F8NO2. The third-order valence-electron chi connectivity index (χ3n) is 4.90. The molecule has 2 aliphatic rings. The Kier molecular flexibility index (Phi) is 6.44. The summed E-state index contributed by atoms with van der Waals surface area (Å²) in [7, 11) is 0. The molecule has 2 heterocycles. The van der Waals surface area contributed by atoms with Crippen molar-refractivity contribution in [1.82, 2.24) is 4.90 Å². The molecule has 0 N–H and O–H groups in total. The molecule has 0 aromatic rings. The minimum absolute atomic E-state index is 0.207. The molecule has 0 bridgehead atoms. The monoisotopic (exact) mass is 399 g/mol. The van der Waals surface area contributed by atoms with Crippen LogP contribution < -0.4 is 0 Å². The Balaban J connectivity index is 2.10. The zero-order valence-electron chi connectivity index (χ0n) is 14.0. The van der Waals surface area contributed by atoms with Gasteiger partial charge in [-0.1, -0.05) is 0 Å². The van der Waals surface area contributed by atoms with E-state index in [2.05, 4.69) is 4.74 Å². The third kappa shape index (κ3) is 4.41. The van der Waals surface area contributed by atoms with Gasteiger partial charge in [0.15, 0.2) is 0 Å². The summed E-state index contributed by atoms with van der Waals surface area (Å²) in [5.74, 6) is -8.52. The SMILES string of the molecule is CC(N1CCOCC1)C(F)(F)C1CCCC(C(F)(F)C(F)C(F)(F)F)O1. The lowest BCUT2D eigenvalue weighted by molar-refractivity contribution is -0.299. The van der Waals surface area contributed by atoms with Gasteiger partial charge in [0.2, 0.25) is 0 Å². The number of halogens is 8. The van der Waals surface area contributed by atoms with Crippen molar-refractivity contribution in [2.75, 3.05) is 26.3 Å². The quantitative estimate of drug-likeness (QED) is 0.657. The number of ether oxygens (including phenoxy) is 2. The van der Waals surface area contributed by atoms with Crippen LogP contribution in [0.3, 0.4) is 0 Å². The molecule has 3 nitrogen and oxygen atoms in total. The van der Waals surface area contributed by atoms with Crippen LogP contribution in [0.2, 0.25) is 0 Å². The highest BCUT2D eigenvalue weighted by atomic mass is 19.4. The highest BCUT2D eigenvalue weighted by Gasteiger charge is 2.63. The maximum atomic E-state index is 14.7. The number of alkyl halides is 8. The zero-order valence-corrected chi connectivity index (χ0v) is 14.0. The van der Waals surface area contributed by atoms with Gasteiger partial charge < -0.3 is 9.47 Å². The standard InChI is InChI=1S/C15H21F8NO2/c1-9(24-5-7-25-8-6-24)13(17,18)10-3-2-4-11(26-10)14(19,20)12(16)15(21,22)23/h9-12H,2-8H2,1H3. The maximum absolute atomic E-state index is 14.7. The predicted molar refractivity (Wildman–Crippen MR) is 75.2 cm³/mol. The molecule has 2 saturated heterocycles. The Labute approximate surface area is 145 Å². The summed E-state index contributed by atoms with van der Waals surface area (Å²) in [6.45, 7) is 2.10. The van der Waals surface area contributed by atoms with Crippen LogP contribution in [-0.2, 0) is 9.47 Å². The molecule has 26 heavy (non-hydrogen) atoms. The van der Waals surface area contributed by atoms with Crippen LogP contribution in [0.5, 0.6) is 0 Å². The predicted octanol–water partition coefficient (Wildman–Crippen LogP) is 3.82. The summed E-state index contributed by atoms with van der Waals surface area (Å²) >= 11 is 0. The Hall–Kier alpha value is -0.680. The summed E-state index contributed by atoms with van der Waals surface area (Å²) in [5.41, 5.74) is 0. The van der Waals surface area contributed by atoms with Crippen molar-refractivity contribution in [2.24, 2.45) is 0 Å². The van der Waals surface area contributed by atoms with Crippen molar-refractivity contribution in [3.8, 4) is 0 Å². The Bertz CT molecular complexity index is 467. The van der Waals surface area contributed by atoms with Gasteiger partial charge in [-0.3, -0.25) is 4.90 Å². The number of nitrogens with zero attached hydrogens (tertiary/aromatic N) is 1. The van der Waals surface area contributed by atoms with E-state index in [0.717, 1.165) is 0 Å². The molecule has 0 aliphatic carbocycles. The summed E-state index contributed by atoms with van der Waals surface area (Å²) in [5, 5.41) is 0. The van der Waals surface area contributed by atoms with Gasteiger partial charge in [-0.25, -0.2) is 22.0 Å². The first-order valence-electron chi connectivity index (χ1n) is 8.32. The van der Waals surface area contributed by atoms with Crippen molar-refractivity contribution in [3.63, 3.8) is 0 Å². The van der Waals surface area contributed by atoms with E-state index < -0.39 is 48.9 Å². The Morgan fingerprint density at radius 3 is 1.88 bits per heavy atom. The lowest BCUT2D eigenvalue weighted by Gasteiger charge is -2.43. The molecule has 2 fully saturated rings. The normalized spacial score (nSPS) is 29.4. The molecule has 0 aromatic heterocycles. The van der Waals surface area contributed by atoms with Crippen LogP contribution in [0.15, 0.2) is 0 Å². The first-order valence-corrected chi connectivity index (χ1v) is 8.32. The van der Waals surface area contributed by atoms with Crippen LogP contribution >= 0.6 is 0 Å². The second-order valence-corrected chi connectivity index (χ2v) is 6.62. The zero-order chi connectivity index (χ0) is 19.8. The maximum Gasteiger partial charge on any atom is 0.425 e. The van der Waals surface area contributed by atoms with Gasteiger partial charge in [0.05, 0.1) is 19.3 Å². The first kappa shape index (κ1) is 21.6. The van der Waals surface area contributed by atoms with Gasteiger partial charge in [0, 0.05) is 13.1 Å². The van der Waals surface area contributed by atoms with Gasteiger partial charge in [-0.2, -0.15) is 13.2 Å². The summed E-state index contributed by atoms with van der Waals surface area (Å²) in [6, 6.07) is -1.38. The van der Waals surface area contributed by atoms with Gasteiger partial charge >= 0.3 is 12.1 Å². The molecule has 2 aliphatic heterocycles. The van der Waals surface area contributed by atoms with Gasteiger partial charge in [0.1, 0.15) is 12.2 Å². The van der Waals surface area contributed by atoms with Crippen molar-refractivity contribution in [2.45, 2.75) is 68.6 Å². The third-order valence-corrected chi connectivity index (χ3v) is 4.90. The second-order valence-electron chi connectivity index (χ2n) is 6.62. The van der Waals surface area contributed by atoms with Crippen LogP contribution in [0.1, 0.15) is 26.2 Å². The fraction of sp³-hybridized carbons (Fsp3) is 1.00. The largest absolute Gasteiger partial charge is 0.425 e. The highest BCUT2D eigenvalue weighted by Crippen LogP contribution is 2.44. The number of hydrogen-bond acceptors (Lipinski definition) is 3. The lowest BCUT2D eigenvalue weighted by atomic mass is 9.92. The van der Waals surface area contributed by atoms with E-state index in [1.165, 1.54) is 11.8 Å². The van der Waals surface area contributed by atoms with Crippen LogP contribution in [0.4, 0.5) is 35.1 Å². The smallest absolute Gasteiger partial charge is 0.379 e. The van der Waals surface area contributed by atoms with Crippen molar-refractivity contribution < 1.29 is 44.6 Å². The fourth-order valence-corrected chi connectivity index (χ4v) is 3.25. The summed E-state index contributed by atoms with van der Waals surface area (Å²) in [4.78, 5) is 1.41. The molecule has 4 atom stereocenters. The second kappa shape index (κ2) is 7.75. The van der Waals surface area contributed by atoms with E-state index in [-0.39, 0.29) is 39.1 Å². The molecular weight excluding hydrogens is 378 g/mol. The molecule has 4 unspecified atom stereocenters. The minimum Gasteiger partial charge on any atom is -0.379 e. The Morgan fingerprint density at radius 2 is 1.38 bits per heavy atom. The molecule has 0 aromatic carbocycles. The molecule has 0 spiro atoms. The molecule has 0 radical (unpaired) electrons. The fourth-order valence-electron chi connectivity index (χ4n) is 3.25. The van der Waals surface area contributed by atoms with Gasteiger partial charge in [-0.05, 0) is 26.2 Å². The van der Waals surface area contributed by atoms with Crippen molar-refractivity contribution in [3.05, 3.63) is 0 Å². The van der Waals surface area contributed by atoms with E-state index in [1.54, 1.807) is 0 Å². The average Bonchev–Trinajstić information content (AvgIpc) is 2.60. The molecule has 0 amide bonds. The molecule has 11 heteroatoms. The van der Waals surface area contributed by atoms with E-state index in [0.29, 0.717) is 0 Å². The van der Waals surface area contributed by atoms with E-state index in [9.17, 15) is 35.1 Å².